The molecule has 0 aliphatic carbocycles. The lowest BCUT2D eigenvalue weighted by molar-refractivity contribution is 0.0592. The van der Waals surface area contributed by atoms with E-state index in [1.54, 1.807) is 12.1 Å². The van der Waals surface area contributed by atoms with Crippen LogP contribution in [0, 0.1) is 0 Å². The molecular weight excluding hydrogens is 250 g/mol. The summed E-state index contributed by atoms with van der Waals surface area (Å²) >= 11 is 0. The molecule has 6 nitrogen and oxygen atoms in total. The minimum atomic E-state index is -0.745. The first kappa shape index (κ1) is 13.1. The fraction of sp³-hybridized carbons (Fsp3) is 0.231. The zero-order valence-electron chi connectivity index (χ0n) is 10.5. The van der Waals surface area contributed by atoms with E-state index in [-0.39, 0.29) is 40.1 Å². The van der Waals surface area contributed by atoms with E-state index >= 15 is 0 Å². The second-order valence-corrected chi connectivity index (χ2v) is 3.87. The van der Waals surface area contributed by atoms with Crippen LogP contribution in [0.1, 0.15) is 15.9 Å². The maximum absolute atomic E-state index is 11.8. The highest BCUT2D eigenvalue weighted by molar-refractivity contribution is 6.04. The molecule has 0 radical (unpaired) electrons. The van der Waals surface area contributed by atoms with E-state index < -0.39 is 5.97 Å². The third-order valence-corrected chi connectivity index (χ3v) is 2.79. The van der Waals surface area contributed by atoms with Gasteiger partial charge in [-0.3, -0.25) is 4.98 Å². The van der Waals surface area contributed by atoms with Crippen molar-refractivity contribution in [3.63, 3.8) is 0 Å². The molecule has 0 aliphatic rings. The van der Waals surface area contributed by atoms with Crippen molar-refractivity contribution in [2.75, 3.05) is 14.2 Å². The monoisotopic (exact) mass is 263 g/mol. The molecule has 0 saturated heterocycles. The molecule has 1 aromatic heterocycles. The summed E-state index contributed by atoms with van der Waals surface area (Å²) in [6, 6.07) is 3.15. The number of carbonyl (C=O) groups excluding carboxylic acids is 1. The minimum absolute atomic E-state index is 0.0453. The lowest BCUT2D eigenvalue weighted by Gasteiger charge is -2.14. The maximum Gasteiger partial charge on any atom is 0.342 e. The number of hydrogen-bond acceptors (Lipinski definition) is 6. The Morgan fingerprint density at radius 1 is 1.32 bits per heavy atom. The number of aromatic hydroxyl groups is 2. The number of phenolic OH excluding ortho intramolecular Hbond substituents is 2. The molecule has 1 heterocycles. The molecule has 0 fully saturated rings. The topological polar surface area (TPSA) is 88.9 Å². The van der Waals surface area contributed by atoms with Crippen molar-refractivity contribution in [3.8, 4) is 11.5 Å². The third-order valence-electron chi connectivity index (χ3n) is 2.79. The largest absolute Gasteiger partial charge is 0.506 e. The molecule has 0 amide bonds. The summed E-state index contributed by atoms with van der Waals surface area (Å²) in [5.41, 5.74) is 0.250. The summed E-state index contributed by atoms with van der Waals surface area (Å²) in [7, 11) is 2.61. The van der Waals surface area contributed by atoms with Gasteiger partial charge in [0.05, 0.1) is 13.7 Å². The summed E-state index contributed by atoms with van der Waals surface area (Å²) in [5.74, 6) is -1.22. The molecule has 0 bridgehead atoms. The number of hydrogen-bond donors (Lipinski definition) is 2. The molecule has 0 aliphatic heterocycles. The normalized spacial score (nSPS) is 10.6. The average Bonchev–Trinajstić information content (AvgIpc) is 2.44. The van der Waals surface area contributed by atoms with E-state index in [2.05, 4.69) is 9.72 Å². The zero-order valence-corrected chi connectivity index (χ0v) is 10.5. The van der Waals surface area contributed by atoms with E-state index in [0.717, 1.165) is 0 Å². The van der Waals surface area contributed by atoms with Crippen LogP contribution in [-0.4, -0.2) is 35.4 Å². The number of carbonyl (C=O) groups is 1. The van der Waals surface area contributed by atoms with E-state index in [4.69, 9.17) is 4.74 Å². The van der Waals surface area contributed by atoms with Crippen molar-refractivity contribution in [2.24, 2.45) is 0 Å². The quantitative estimate of drug-likeness (QED) is 0.645. The van der Waals surface area contributed by atoms with Gasteiger partial charge in [0, 0.05) is 24.3 Å². The van der Waals surface area contributed by atoms with E-state index in [1.807, 2.05) is 0 Å². The molecule has 0 saturated carbocycles. The molecule has 0 spiro atoms. The van der Waals surface area contributed by atoms with Crippen LogP contribution in [0.4, 0.5) is 0 Å². The first-order chi connectivity index (χ1) is 9.11. The minimum Gasteiger partial charge on any atom is -0.506 e. The van der Waals surface area contributed by atoms with E-state index in [1.165, 1.54) is 20.4 Å². The van der Waals surface area contributed by atoms with E-state index in [0.29, 0.717) is 0 Å². The number of pyridine rings is 1. The van der Waals surface area contributed by atoms with Crippen LogP contribution in [-0.2, 0) is 16.1 Å². The zero-order chi connectivity index (χ0) is 14.0. The summed E-state index contributed by atoms with van der Waals surface area (Å²) in [5, 5.41) is 20.6. The average molecular weight is 263 g/mol. The molecule has 2 aromatic rings. The van der Waals surface area contributed by atoms with Crippen LogP contribution in [0.5, 0.6) is 11.5 Å². The molecule has 0 atom stereocenters. The number of rotatable bonds is 3. The Morgan fingerprint density at radius 2 is 2.05 bits per heavy atom. The van der Waals surface area contributed by atoms with Crippen molar-refractivity contribution in [1.82, 2.24) is 4.98 Å². The lowest BCUT2D eigenvalue weighted by atomic mass is 10.0. The molecule has 2 N–H and O–H groups in total. The molecule has 0 unspecified atom stereocenters. The first-order valence-corrected chi connectivity index (χ1v) is 5.50. The van der Waals surface area contributed by atoms with Crippen molar-refractivity contribution >= 4 is 16.9 Å². The molecule has 6 heteroatoms. The van der Waals surface area contributed by atoms with Gasteiger partial charge in [0.25, 0.3) is 0 Å². The van der Waals surface area contributed by atoms with Crippen molar-refractivity contribution in [2.45, 2.75) is 6.61 Å². The molecule has 100 valence electrons. The maximum atomic E-state index is 11.8. The van der Waals surface area contributed by atoms with Gasteiger partial charge in [0.2, 0.25) is 0 Å². The number of fused-ring (bicyclic) bond motifs is 1. The van der Waals surface area contributed by atoms with Gasteiger partial charge in [0.1, 0.15) is 22.6 Å². The van der Waals surface area contributed by atoms with Crippen molar-refractivity contribution in [1.29, 1.82) is 0 Å². The number of benzene rings is 1. The van der Waals surface area contributed by atoms with Crippen molar-refractivity contribution < 1.29 is 24.5 Å². The standard InChI is InChI=1S/C13H13NO5/c1-18-6-8-9(13(17)19-2)11(15)7-4-3-5-14-10(7)12(8)16/h3-5,15-16H,6H2,1-2H3. The predicted molar refractivity (Wildman–Crippen MR) is 67.1 cm³/mol. The van der Waals surface area contributed by atoms with Crippen LogP contribution in [0.3, 0.4) is 0 Å². The van der Waals surface area contributed by atoms with Gasteiger partial charge in [-0.1, -0.05) is 0 Å². The number of ether oxygens (including phenoxy) is 2. The van der Waals surface area contributed by atoms with Crippen LogP contribution >= 0.6 is 0 Å². The molecule has 2 rings (SSSR count). The molecule has 19 heavy (non-hydrogen) atoms. The number of nitrogens with zero attached hydrogens (tertiary/aromatic N) is 1. The number of esters is 1. The summed E-state index contributed by atoms with van der Waals surface area (Å²) in [4.78, 5) is 15.7. The Morgan fingerprint density at radius 3 is 2.68 bits per heavy atom. The number of phenols is 2. The SMILES string of the molecule is COCc1c(C(=O)OC)c(O)c2cccnc2c1O. The molecular formula is C13H13NO5. The Labute approximate surface area is 109 Å². The predicted octanol–water partition coefficient (Wildman–Crippen LogP) is 1.58. The smallest absolute Gasteiger partial charge is 0.342 e. The molecule has 1 aromatic carbocycles. The van der Waals surface area contributed by atoms with Gasteiger partial charge in [0.15, 0.2) is 0 Å². The Hall–Kier alpha value is -2.34. The van der Waals surface area contributed by atoms with Gasteiger partial charge in [-0.2, -0.15) is 0 Å². The second-order valence-electron chi connectivity index (χ2n) is 3.87. The van der Waals surface area contributed by atoms with Gasteiger partial charge >= 0.3 is 5.97 Å². The Bertz CT molecular complexity index is 638. The van der Waals surface area contributed by atoms with Crippen LogP contribution in [0.25, 0.3) is 10.9 Å². The highest BCUT2D eigenvalue weighted by Gasteiger charge is 2.24. The second kappa shape index (κ2) is 5.11. The van der Waals surface area contributed by atoms with E-state index in [9.17, 15) is 15.0 Å². The summed E-state index contributed by atoms with van der Waals surface area (Å²) < 4.78 is 9.56. The Kier molecular flexibility index (Phi) is 3.52. The van der Waals surface area contributed by atoms with Gasteiger partial charge in [-0.15, -0.1) is 0 Å². The summed E-state index contributed by atoms with van der Waals surface area (Å²) in [6.07, 6.45) is 1.48. The first-order valence-electron chi connectivity index (χ1n) is 5.50. The number of aromatic nitrogens is 1. The highest BCUT2D eigenvalue weighted by atomic mass is 16.5. The van der Waals surface area contributed by atoms with Crippen LogP contribution in [0.15, 0.2) is 18.3 Å². The Balaban J connectivity index is 2.87. The lowest BCUT2D eigenvalue weighted by Crippen LogP contribution is -2.08. The van der Waals surface area contributed by atoms with Gasteiger partial charge in [-0.25, -0.2) is 4.79 Å². The van der Waals surface area contributed by atoms with Crippen LogP contribution < -0.4 is 0 Å². The highest BCUT2D eigenvalue weighted by Crippen LogP contribution is 2.39. The van der Waals surface area contributed by atoms with Gasteiger partial charge < -0.3 is 19.7 Å². The summed E-state index contributed by atoms with van der Waals surface area (Å²) in [6.45, 7) is -0.0453. The van der Waals surface area contributed by atoms with Crippen molar-refractivity contribution in [3.05, 3.63) is 29.5 Å². The number of methoxy groups -OCH3 is 2. The van der Waals surface area contributed by atoms with Gasteiger partial charge in [-0.05, 0) is 12.1 Å². The van der Waals surface area contributed by atoms with Crippen LogP contribution in [0.2, 0.25) is 0 Å². The fourth-order valence-corrected chi connectivity index (χ4v) is 1.93. The third kappa shape index (κ3) is 2.06. The fourth-order valence-electron chi connectivity index (χ4n) is 1.93.